The van der Waals surface area contributed by atoms with Crippen molar-refractivity contribution in [2.45, 2.75) is 27.7 Å². The molecule has 1 aromatic heterocycles. The van der Waals surface area contributed by atoms with Crippen LogP contribution in [0.15, 0.2) is 61.3 Å². The van der Waals surface area contributed by atoms with E-state index in [1.54, 1.807) is 6.08 Å². The summed E-state index contributed by atoms with van der Waals surface area (Å²) in [6.45, 7) is 12.3. The molecule has 23 heavy (non-hydrogen) atoms. The van der Waals surface area contributed by atoms with Crippen LogP contribution in [0.3, 0.4) is 0 Å². The van der Waals surface area contributed by atoms with Gasteiger partial charge in [-0.15, -0.1) is 0 Å². The largest absolute Gasteiger partial charge is 0.213 e. The molecular formula is C22H26N+. The summed E-state index contributed by atoms with van der Waals surface area (Å²) >= 11 is 0. The number of rotatable bonds is 4. The van der Waals surface area contributed by atoms with Crippen molar-refractivity contribution in [2.24, 2.45) is 7.05 Å². The van der Waals surface area contributed by atoms with Crippen LogP contribution in [0.1, 0.15) is 29.2 Å². The van der Waals surface area contributed by atoms with E-state index in [1.807, 2.05) is 12.2 Å². The minimum absolute atomic E-state index is 1.24. The van der Waals surface area contributed by atoms with Crippen molar-refractivity contribution in [1.29, 1.82) is 0 Å². The van der Waals surface area contributed by atoms with E-state index >= 15 is 0 Å². The standard InChI is InChI=1S/C22H26N/c1-7-8-9-10-17(3)21-14-22(23(6)15-19(21)5)20-12-11-16(2)13-18(20)4/h7-15H,1H2,2-6H3/q+1/b9-8-,17-10+. The van der Waals surface area contributed by atoms with Crippen LogP contribution in [-0.2, 0) is 7.05 Å². The minimum Gasteiger partial charge on any atom is -0.201 e. The van der Waals surface area contributed by atoms with Crippen molar-refractivity contribution >= 4 is 5.57 Å². The molecule has 0 atom stereocenters. The summed E-state index contributed by atoms with van der Waals surface area (Å²) in [5.41, 5.74) is 8.95. The molecular weight excluding hydrogens is 278 g/mol. The highest BCUT2D eigenvalue weighted by molar-refractivity contribution is 5.72. The SMILES string of the molecule is C=C/C=C\C=C(/C)c1cc(-c2ccc(C)cc2C)[n+](C)cc1C. The molecule has 1 heteroatoms. The van der Waals surface area contributed by atoms with Gasteiger partial charge in [-0.2, -0.15) is 0 Å². The van der Waals surface area contributed by atoms with Gasteiger partial charge in [0.25, 0.3) is 0 Å². The second-order valence-electron chi connectivity index (χ2n) is 6.15. The molecule has 0 radical (unpaired) electrons. The van der Waals surface area contributed by atoms with Crippen LogP contribution in [0.2, 0.25) is 0 Å². The lowest BCUT2D eigenvalue weighted by molar-refractivity contribution is -0.660. The zero-order valence-corrected chi connectivity index (χ0v) is 14.9. The van der Waals surface area contributed by atoms with Crippen LogP contribution in [0.5, 0.6) is 0 Å². The first-order valence-electron chi connectivity index (χ1n) is 7.98. The van der Waals surface area contributed by atoms with E-state index in [1.165, 1.54) is 39.1 Å². The summed E-state index contributed by atoms with van der Waals surface area (Å²) in [5, 5.41) is 0. The first-order valence-corrected chi connectivity index (χ1v) is 7.98. The number of benzene rings is 1. The Balaban J connectivity index is 2.58. The molecule has 0 N–H and O–H groups in total. The van der Waals surface area contributed by atoms with Crippen LogP contribution < -0.4 is 4.57 Å². The fourth-order valence-corrected chi connectivity index (χ4v) is 2.94. The van der Waals surface area contributed by atoms with Crippen molar-refractivity contribution < 1.29 is 4.57 Å². The zero-order chi connectivity index (χ0) is 17.0. The van der Waals surface area contributed by atoms with Crippen molar-refractivity contribution in [2.75, 3.05) is 0 Å². The van der Waals surface area contributed by atoms with E-state index in [4.69, 9.17) is 0 Å². The molecule has 0 unspecified atom stereocenters. The lowest BCUT2D eigenvalue weighted by atomic mass is 9.97. The molecule has 0 spiro atoms. The van der Waals surface area contributed by atoms with Crippen LogP contribution in [-0.4, -0.2) is 0 Å². The smallest absolute Gasteiger partial charge is 0.201 e. The number of hydrogen-bond donors (Lipinski definition) is 0. The molecule has 0 aliphatic rings. The summed E-state index contributed by atoms with van der Waals surface area (Å²) in [6, 6.07) is 8.93. The van der Waals surface area contributed by atoms with Gasteiger partial charge in [0.15, 0.2) is 6.20 Å². The molecule has 2 rings (SSSR count). The van der Waals surface area contributed by atoms with Gasteiger partial charge >= 0.3 is 0 Å². The first-order chi connectivity index (χ1) is 10.9. The zero-order valence-electron chi connectivity index (χ0n) is 14.9. The van der Waals surface area contributed by atoms with E-state index in [0.29, 0.717) is 0 Å². The average Bonchev–Trinajstić information content (AvgIpc) is 2.48. The third kappa shape index (κ3) is 3.87. The monoisotopic (exact) mass is 304 g/mol. The highest BCUT2D eigenvalue weighted by Crippen LogP contribution is 2.26. The Labute approximate surface area is 140 Å². The van der Waals surface area contributed by atoms with E-state index in [2.05, 4.69) is 82.4 Å². The Bertz CT molecular complexity index is 792. The summed E-state index contributed by atoms with van der Waals surface area (Å²) in [7, 11) is 2.11. The second kappa shape index (κ2) is 7.23. The van der Waals surface area contributed by atoms with Gasteiger partial charge < -0.3 is 0 Å². The molecule has 118 valence electrons. The van der Waals surface area contributed by atoms with Gasteiger partial charge in [-0.1, -0.05) is 48.6 Å². The highest BCUT2D eigenvalue weighted by Gasteiger charge is 2.16. The minimum atomic E-state index is 1.24. The molecule has 0 amide bonds. The number of allylic oxidation sites excluding steroid dienone is 5. The van der Waals surface area contributed by atoms with Gasteiger partial charge in [0, 0.05) is 17.2 Å². The van der Waals surface area contributed by atoms with Gasteiger partial charge in [0.1, 0.15) is 7.05 Å². The van der Waals surface area contributed by atoms with Crippen LogP contribution in [0.25, 0.3) is 16.8 Å². The van der Waals surface area contributed by atoms with E-state index in [0.717, 1.165) is 0 Å². The van der Waals surface area contributed by atoms with Crippen molar-refractivity contribution in [3.05, 3.63) is 83.6 Å². The Morgan fingerprint density at radius 3 is 2.43 bits per heavy atom. The molecule has 0 bridgehead atoms. The number of pyridine rings is 1. The van der Waals surface area contributed by atoms with Gasteiger partial charge in [-0.25, -0.2) is 4.57 Å². The van der Waals surface area contributed by atoms with E-state index < -0.39 is 0 Å². The highest BCUT2D eigenvalue weighted by atomic mass is 14.9. The van der Waals surface area contributed by atoms with Crippen LogP contribution >= 0.6 is 0 Å². The fourth-order valence-electron chi connectivity index (χ4n) is 2.94. The maximum absolute atomic E-state index is 3.71. The van der Waals surface area contributed by atoms with E-state index in [9.17, 15) is 0 Å². The predicted molar refractivity (Wildman–Crippen MR) is 100 cm³/mol. The Kier molecular flexibility index (Phi) is 5.33. The molecule has 0 saturated carbocycles. The third-order valence-corrected chi connectivity index (χ3v) is 4.15. The summed E-state index contributed by atoms with van der Waals surface area (Å²) in [5.74, 6) is 0. The molecule has 0 aliphatic heterocycles. The number of aromatic nitrogens is 1. The summed E-state index contributed by atoms with van der Waals surface area (Å²) in [4.78, 5) is 0. The second-order valence-corrected chi connectivity index (χ2v) is 6.15. The summed E-state index contributed by atoms with van der Waals surface area (Å²) < 4.78 is 2.21. The van der Waals surface area contributed by atoms with E-state index in [-0.39, 0.29) is 0 Å². The maximum atomic E-state index is 3.71. The quantitative estimate of drug-likeness (QED) is 0.536. The molecule has 2 aromatic rings. The first kappa shape index (κ1) is 17.0. The number of hydrogen-bond acceptors (Lipinski definition) is 0. The number of aryl methyl sites for hydroxylation is 4. The summed E-state index contributed by atoms with van der Waals surface area (Å²) in [6.07, 6.45) is 10.1. The van der Waals surface area contributed by atoms with Crippen LogP contribution in [0.4, 0.5) is 0 Å². The Morgan fingerprint density at radius 1 is 1.04 bits per heavy atom. The van der Waals surface area contributed by atoms with Crippen LogP contribution in [0, 0.1) is 20.8 Å². The molecule has 1 heterocycles. The molecule has 1 nitrogen and oxygen atoms in total. The fraction of sp³-hybridized carbons (Fsp3) is 0.227. The Hall–Kier alpha value is -2.41. The molecule has 0 fully saturated rings. The molecule has 0 aliphatic carbocycles. The lowest BCUT2D eigenvalue weighted by Crippen LogP contribution is -2.31. The topological polar surface area (TPSA) is 3.88 Å². The molecule has 1 aromatic carbocycles. The Morgan fingerprint density at radius 2 is 1.78 bits per heavy atom. The average molecular weight is 304 g/mol. The normalized spacial score (nSPS) is 12.0. The third-order valence-electron chi connectivity index (χ3n) is 4.15. The predicted octanol–water partition coefficient (Wildman–Crippen LogP) is 5.25. The van der Waals surface area contributed by atoms with Gasteiger partial charge in [0.2, 0.25) is 5.69 Å². The van der Waals surface area contributed by atoms with Gasteiger partial charge in [-0.3, -0.25) is 0 Å². The van der Waals surface area contributed by atoms with Crippen molar-refractivity contribution in [1.82, 2.24) is 0 Å². The van der Waals surface area contributed by atoms with Gasteiger partial charge in [-0.05, 0) is 50.5 Å². The molecule has 0 saturated heterocycles. The number of nitrogens with zero attached hydrogens (tertiary/aromatic N) is 1. The lowest BCUT2D eigenvalue weighted by Gasteiger charge is -2.10. The van der Waals surface area contributed by atoms with Crippen molar-refractivity contribution in [3.63, 3.8) is 0 Å². The maximum Gasteiger partial charge on any atom is 0.213 e. The van der Waals surface area contributed by atoms with Crippen molar-refractivity contribution in [3.8, 4) is 11.3 Å². The van der Waals surface area contributed by atoms with Gasteiger partial charge in [0.05, 0.1) is 0 Å².